The third-order valence-corrected chi connectivity index (χ3v) is 11.0. The molecule has 0 aromatic carbocycles. The van der Waals surface area contributed by atoms with Gasteiger partial charge in [0, 0.05) is 32.0 Å². The zero-order valence-corrected chi connectivity index (χ0v) is 28.8. The van der Waals surface area contributed by atoms with Crippen molar-refractivity contribution in [3.63, 3.8) is 0 Å². The van der Waals surface area contributed by atoms with Crippen LogP contribution in [-0.2, 0) is 33.2 Å². The van der Waals surface area contributed by atoms with Gasteiger partial charge in [-0.25, -0.2) is 0 Å². The van der Waals surface area contributed by atoms with Crippen LogP contribution in [0.25, 0.3) is 0 Å². The maximum atomic E-state index is 13.4. The number of hydrogen-bond donors (Lipinski definition) is 14. The van der Waals surface area contributed by atoms with Gasteiger partial charge in [-0.3, -0.25) is 10.2 Å². The summed E-state index contributed by atoms with van der Waals surface area (Å²) in [6, 6.07) is -3.05. The van der Waals surface area contributed by atoms with Crippen LogP contribution in [0.3, 0.4) is 0 Å². The average Bonchev–Trinajstić information content (AvgIpc) is 3.37. The van der Waals surface area contributed by atoms with Crippen LogP contribution < -0.4 is 34.4 Å². The summed E-state index contributed by atoms with van der Waals surface area (Å²) in [5.74, 6) is -1.58. The molecule has 3 heterocycles. The Balaban J connectivity index is 1.34. The lowest BCUT2D eigenvalue weighted by molar-refractivity contribution is -0.299. The standard InChI is InChI=1S/C31H57N7O14/c32-7-15-14(40)4-13(35)28(47-15)50-25-12(34)2-11(3-18(41)31(46)5-10(6-31)1-19(36)37)21(42)27(25)52-30-24(45)26(17(9-39)49-30)51-29-20(38)23(44)22(43)16(8-33)48-29/h10-17,20-30,39-40,42-46H,1-9,32-35,38H2,(H3,36,37)/t10?,11-,12-,13+,14-,15+,16-,17+,20+,21-,22+,23+,24+,25+,26+,27+,28+,29+,30-,31?/m0/s1. The van der Waals surface area contributed by atoms with Crippen LogP contribution in [0.2, 0.25) is 0 Å². The number of carbonyl (C=O) groups excluding carboxylic acids is 1. The van der Waals surface area contributed by atoms with Crippen LogP contribution in [0.1, 0.15) is 38.5 Å². The second-order valence-electron chi connectivity index (χ2n) is 14.9. The van der Waals surface area contributed by atoms with Gasteiger partial charge in [-0.1, -0.05) is 0 Å². The molecule has 300 valence electrons. The van der Waals surface area contributed by atoms with E-state index >= 15 is 0 Å². The number of hydrogen-bond acceptors (Lipinski definition) is 20. The first-order valence-corrected chi connectivity index (χ1v) is 17.7. The van der Waals surface area contributed by atoms with Crippen molar-refractivity contribution in [2.75, 3.05) is 19.7 Å². The molecule has 3 aliphatic heterocycles. The van der Waals surface area contributed by atoms with Crippen LogP contribution in [0.5, 0.6) is 0 Å². The molecule has 0 aromatic rings. The molecule has 20 N–H and O–H groups in total. The highest BCUT2D eigenvalue weighted by Crippen LogP contribution is 2.43. The zero-order chi connectivity index (χ0) is 38.2. The lowest BCUT2D eigenvalue weighted by Crippen LogP contribution is -2.64. The number of amidine groups is 1. The molecule has 0 radical (unpaired) electrons. The monoisotopic (exact) mass is 751 g/mol. The summed E-state index contributed by atoms with van der Waals surface area (Å²) in [6.07, 6.45) is -18.0. The lowest BCUT2D eigenvalue weighted by atomic mass is 9.65. The Morgan fingerprint density at radius 2 is 1.33 bits per heavy atom. The Hall–Kier alpha value is -1.58. The minimum atomic E-state index is -1.67. The van der Waals surface area contributed by atoms with Crippen LogP contribution in [-0.4, -0.2) is 177 Å². The number of rotatable bonds is 14. The average molecular weight is 752 g/mol. The molecular formula is C31H57N7O14. The second-order valence-corrected chi connectivity index (χ2v) is 14.9. The van der Waals surface area contributed by atoms with E-state index < -0.39 is 128 Å². The van der Waals surface area contributed by atoms with Crippen molar-refractivity contribution in [2.24, 2.45) is 46.2 Å². The molecule has 21 nitrogen and oxygen atoms in total. The fourth-order valence-electron chi connectivity index (χ4n) is 7.99. The van der Waals surface area contributed by atoms with Crippen molar-refractivity contribution in [3.8, 4) is 0 Å². The highest BCUT2D eigenvalue weighted by atomic mass is 16.8. The number of nitrogens with two attached hydrogens (primary N) is 6. The molecule has 21 heteroatoms. The Morgan fingerprint density at radius 3 is 1.94 bits per heavy atom. The normalized spacial score (nSPS) is 49.7. The van der Waals surface area contributed by atoms with Crippen LogP contribution in [0.4, 0.5) is 0 Å². The van der Waals surface area contributed by atoms with Gasteiger partial charge in [0.05, 0.1) is 42.8 Å². The molecule has 0 amide bonds. The van der Waals surface area contributed by atoms with Crippen molar-refractivity contribution in [3.05, 3.63) is 0 Å². The van der Waals surface area contributed by atoms with E-state index in [1.807, 2.05) is 0 Å². The Kier molecular flexibility index (Phi) is 13.6. The summed E-state index contributed by atoms with van der Waals surface area (Å²) in [5.41, 5.74) is 34.2. The molecule has 2 aliphatic carbocycles. The van der Waals surface area contributed by atoms with Gasteiger partial charge >= 0.3 is 0 Å². The predicted molar refractivity (Wildman–Crippen MR) is 176 cm³/mol. The van der Waals surface area contributed by atoms with Gasteiger partial charge in [-0.2, -0.15) is 0 Å². The Labute approximate surface area is 300 Å². The molecule has 5 rings (SSSR count). The van der Waals surface area contributed by atoms with E-state index in [9.17, 15) is 40.5 Å². The molecule has 2 saturated carbocycles. The van der Waals surface area contributed by atoms with Gasteiger partial charge in [0.1, 0.15) is 54.4 Å². The quantitative estimate of drug-likeness (QED) is 0.0579. The summed E-state index contributed by atoms with van der Waals surface area (Å²) in [6.45, 7) is -0.921. The Morgan fingerprint density at radius 1 is 0.731 bits per heavy atom. The summed E-state index contributed by atoms with van der Waals surface area (Å²) in [5, 5.41) is 82.8. The molecule has 0 bridgehead atoms. The molecular weight excluding hydrogens is 694 g/mol. The minimum Gasteiger partial charge on any atom is -0.394 e. The van der Waals surface area contributed by atoms with E-state index in [0.717, 1.165) is 0 Å². The topological polar surface area (TPSA) is 394 Å². The fourth-order valence-corrected chi connectivity index (χ4v) is 7.99. The molecule has 5 fully saturated rings. The molecule has 18 atom stereocenters. The maximum Gasteiger partial charge on any atom is 0.187 e. The van der Waals surface area contributed by atoms with Crippen LogP contribution >= 0.6 is 0 Å². The van der Waals surface area contributed by atoms with E-state index in [-0.39, 0.29) is 63.4 Å². The third kappa shape index (κ3) is 8.62. The molecule has 0 spiro atoms. The van der Waals surface area contributed by atoms with Gasteiger partial charge in [0.2, 0.25) is 0 Å². The van der Waals surface area contributed by atoms with Crippen LogP contribution in [0, 0.1) is 17.2 Å². The number of Topliss-reactive ketones (excluding diaryl/α,β-unsaturated/α-hetero) is 1. The molecule has 52 heavy (non-hydrogen) atoms. The van der Waals surface area contributed by atoms with E-state index in [4.69, 9.17) is 68.2 Å². The highest BCUT2D eigenvalue weighted by Gasteiger charge is 2.55. The fraction of sp³-hybridized carbons (Fsp3) is 0.935. The van der Waals surface area contributed by atoms with Crippen molar-refractivity contribution >= 4 is 11.6 Å². The number of ether oxygens (including phenoxy) is 6. The smallest absolute Gasteiger partial charge is 0.187 e. The van der Waals surface area contributed by atoms with Crippen molar-refractivity contribution < 1.29 is 69.0 Å². The third-order valence-electron chi connectivity index (χ3n) is 11.0. The van der Waals surface area contributed by atoms with Crippen molar-refractivity contribution in [1.82, 2.24) is 0 Å². The van der Waals surface area contributed by atoms with Crippen molar-refractivity contribution in [2.45, 2.75) is 148 Å². The molecule has 0 unspecified atom stereocenters. The van der Waals surface area contributed by atoms with E-state index in [0.29, 0.717) is 0 Å². The SMILES string of the molecule is N=C(N)CC1CC(O)(C(=O)C[C@@H]2C[C@H](N)[C@@H](O[C@H]3O[C@H](CN)[C@@H](O)C[C@H]3N)[C@H](O[C@@H]3O[C@H](CO)[C@@H](O[C@H]4O[C@@H](CN)[C@@H](O)[C@H](O)[C@H]4N)[C@H]3O)[C@H]2O)C1. The van der Waals surface area contributed by atoms with Crippen molar-refractivity contribution in [1.29, 1.82) is 5.41 Å². The maximum absolute atomic E-state index is 13.4. The molecule has 0 aromatic heterocycles. The van der Waals surface area contributed by atoms with Gasteiger partial charge in [-0.15, -0.1) is 0 Å². The number of carbonyl (C=O) groups is 1. The van der Waals surface area contributed by atoms with Gasteiger partial charge < -0.3 is 98.6 Å². The number of nitrogens with one attached hydrogen (secondary N) is 1. The number of aliphatic hydroxyl groups excluding tert-OH is 6. The summed E-state index contributed by atoms with van der Waals surface area (Å²) < 4.78 is 35.6. The van der Waals surface area contributed by atoms with Gasteiger partial charge in [-0.05, 0) is 37.5 Å². The molecule has 5 aliphatic rings. The first-order chi connectivity index (χ1) is 24.5. The van der Waals surface area contributed by atoms with E-state index in [2.05, 4.69) is 0 Å². The van der Waals surface area contributed by atoms with Crippen LogP contribution in [0.15, 0.2) is 0 Å². The summed E-state index contributed by atoms with van der Waals surface area (Å²) in [7, 11) is 0. The number of ketones is 1. The molecule has 3 saturated heterocycles. The predicted octanol–water partition coefficient (Wildman–Crippen LogP) is -7.15. The van der Waals surface area contributed by atoms with E-state index in [1.165, 1.54) is 0 Å². The summed E-state index contributed by atoms with van der Waals surface area (Å²) in [4.78, 5) is 13.4. The summed E-state index contributed by atoms with van der Waals surface area (Å²) >= 11 is 0. The largest absolute Gasteiger partial charge is 0.394 e. The van der Waals surface area contributed by atoms with Gasteiger partial charge in [0.25, 0.3) is 0 Å². The Bertz CT molecular complexity index is 1220. The highest BCUT2D eigenvalue weighted by molar-refractivity contribution is 5.89. The zero-order valence-electron chi connectivity index (χ0n) is 28.8. The lowest BCUT2D eigenvalue weighted by Gasteiger charge is -2.48. The van der Waals surface area contributed by atoms with Gasteiger partial charge in [0.15, 0.2) is 24.7 Å². The first kappa shape index (κ1) is 41.6. The first-order valence-electron chi connectivity index (χ1n) is 17.7. The number of aliphatic hydroxyl groups is 7. The van der Waals surface area contributed by atoms with E-state index in [1.54, 1.807) is 0 Å². The minimum absolute atomic E-state index is 0.0295. The second kappa shape index (κ2) is 17.1.